The minimum atomic E-state index is -1.25. The third-order valence-electron chi connectivity index (χ3n) is 1.96. The van der Waals surface area contributed by atoms with Crippen LogP contribution in [0.2, 0.25) is 0 Å². The van der Waals surface area contributed by atoms with E-state index in [9.17, 15) is 9.59 Å². The van der Waals surface area contributed by atoms with E-state index in [1.165, 1.54) is 6.92 Å². The van der Waals surface area contributed by atoms with Crippen LogP contribution >= 0.6 is 0 Å². The van der Waals surface area contributed by atoms with Crippen LogP contribution in [0.15, 0.2) is 0 Å². The summed E-state index contributed by atoms with van der Waals surface area (Å²) in [4.78, 5) is 21.9. The van der Waals surface area contributed by atoms with Crippen LogP contribution in [-0.4, -0.2) is 47.4 Å². The van der Waals surface area contributed by atoms with Crippen molar-refractivity contribution in [2.75, 3.05) is 13.2 Å². The highest BCUT2D eigenvalue weighted by Crippen LogP contribution is 1.96. The molecule has 0 saturated heterocycles. The van der Waals surface area contributed by atoms with Crippen molar-refractivity contribution in [3.63, 3.8) is 0 Å². The summed E-state index contributed by atoms with van der Waals surface area (Å²) < 4.78 is 5.04. The topological polar surface area (TPSA) is 95.9 Å². The number of hydrogen-bond acceptors (Lipinski definition) is 4. The zero-order chi connectivity index (χ0) is 12.6. The Bertz CT molecular complexity index is 229. The number of aliphatic hydroxyl groups is 1. The number of hydrogen-bond donors (Lipinski definition) is 3. The van der Waals surface area contributed by atoms with Gasteiger partial charge in [-0.05, 0) is 20.3 Å². The quantitative estimate of drug-likeness (QED) is 0.502. The monoisotopic (exact) mass is 233 g/mol. The summed E-state index contributed by atoms with van der Waals surface area (Å²) in [5.41, 5.74) is 0. The molecule has 0 bridgehead atoms. The molecule has 0 radical (unpaired) electrons. The van der Waals surface area contributed by atoms with Gasteiger partial charge in [-0.15, -0.1) is 0 Å². The number of amides is 1. The first-order valence-electron chi connectivity index (χ1n) is 5.27. The van der Waals surface area contributed by atoms with Crippen molar-refractivity contribution in [1.82, 2.24) is 5.32 Å². The average Bonchev–Trinajstić information content (AvgIpc) is 2.20. The first-order valence-corrected chi connectivity index (χ1v) is 5.27. The second-order valence-electron chi connectivity index (χ2n) is 3.42. The number of carboxylic acids is 1. The molecule has 0 aliphatic heterocycles. The van der Waals surface area contributed by atoms with Crippen molar-refractivity contribution in [3.8, 4) is 0 Å². The summed E-state index contributed by atoms with van der Waals surface area (Å²) in [6.07, 6.45) is -0.393. The maximum absolute atomic E-state index is 11.3. The first kappa shape index (κ1) is 14.9. The molecule has 1 amide bonds. The SMILES string of the molecule is CCOCCCC(=O)N[C@H](C(=O)O)[C@@H](C)O. The highest BCUT2D eigenvalue weighted by atomic mass is 16.5. The zero-order valence-electron chi connectivity index (χ0n) is 9.60. The number of carboxylic acid groups (broad SMARTS) is 1. The van der Waals surface area contributed by atoms with Gasteiger partial charge in [0.2, 0.25) is 5.91 Å². The minimum Gasteiger partial charge on any atom is -0.480 e. The fourth-order valence-electron chi connectivity index (χ4n) is 1.11. The predicted octanol–water partition coefficient (Wildman–Crippen LogP) is -0.247. The van der Waals surface area contributed by atoms with Crippen molar-refractivity contribution >= 4 is 11.9 Å². The van der Waals surface area contributed by atoms with E-state index >= 15 is 0 Å². The van der Waals surface area contributed by atoms with E-state index in [1.807, 2.05) is 6.92 Å². The van der Waals surface area contributed by atoms with Crippen molar-refractivity contribution < 1.29 is 24.5 Å². The lowest BCUT2D eigenvalue weighted by molar-refractivity contribution is -0.144. The standard InChI is InChI=1S/C10H19NO5/c1-3-16-6-4-5-8(13)11-9(7(2)12)10(14)15/h7,9,12H,3-6H2,1-2H3,(H,11,13)(H,14,15)/t7-,9+/m1/s1. The summed E-state index contributed by atoms with van der Waals surface area (Å²) in [7, 11) is 0. The molecular formula is C10H19NO5. The summed E-state index contributed by atoms with van der Waals surface area (Å²) >= 11 is 0. The molecule has 0 aliphatic carbocycles. The normalized spacial score (nSPS) is 14.2. The summed E-state index contributed by atoms with van der Waals surface area (Å²) in [5.74, 6) is -1.64. The molecule has 0 saturated carbocycles. The number of carbonyl (C=O) groups is 2. The molecule has 16 heavy (non-hydrogen) atoms. The maximum atomic E-state index is 11.3. The molecule has 0 aliphatic rings. The Hall–Kier alpha value is -1.14. The van der Waals surface area contributed by atoms with Gasteiger partial charge in [0, 0.05) is 19.6 Å². The van der Waals surface area contributed by atoms with Gasteiger partial charge in [0.1, 0.15) is 0 Å². The fourth-order valence-corrected chi connectivity index (χ4v) is 1.11. The van der Waals surface area contributed by atoms with Gasteiger partial charge in [0.25, 0.3) is 0 Å². The Balaban J connectivity index is 3.87. The minimum absolute atomic E-state index is 0.191. The lowest BCUT2D eigenvalue weighted by Crippen LogP contribution is -2.47. The highest BCUT2D eigenvalue weighted by molar-refractivity contribution is 5.83. The number of aliphatic carboxylic acids is 1. The Morgan fingerprint density at radius 1 is 1.44 bits per heavy atom. The van der Waals surface area contributed by atoms with Crippen LogP contribution in [0.1, 0.15) is 26.7 Å². The third-order valence-corrected chi connectivity index (χ3v) is 1.96. The first-order chi connectivity index (χ1) is 7.49. The molecule has 0 aromatic heterocycles. The van der Waals surface area contributed by atoms with Crippen LogP contribution in [0.4, 0.5) is 0 Å². The van der Waals surface area contributed by atoms with Crippen LogP contribution < -0.4 is 5.32 Å². The van der Waals surface area contributed by atoms with Crippen LogP contribution in [0, 0.1) is 0 Å². The number of ether oxygens (including phenoxy) is 1. The number of carbonyl (C=O) groups excluding carboxylic acids is 1. The molecule has 2 atom stereocenters. The largest absolute Gasteiger partial charge is 0.480 e. The Morgan fingerprint density at radius 2 is 2.06 bits per heavy atom. The summed E-state index contributed by atoms with van der Waals surface area (Å²) in [6, 6.07) is -1.25. The van der Waals surface area contributed by atoms with E-state index in [-0.39, 0.29) is 6.42 Å². The highest BCUT2D eigenvalue weighted by Gasteiger charge is 2.24. The predicted molar refractivity (Wildman–Crippen MR) is 57.0 cm³/mol. The molecule has 0 fully saturated rings. The van der Waals surface area contributed by atoms with Gasteiger partial charge < -0.3 is 20.3 Å². The Morgan fingerprint density at radius 3 is 2.50 bits per heavy atom. The van der Waals surface area contributed by atoms with Gasteiger partial charge in [0.15, 0.2) is 6.04 Å². The lowest BCUT2D eigenvalue weighted by atomic mass is 10.1. The fraction of sp³-hybridized carbons (Fsp3) is 0.800. The molecule has 0 aromatic carbocycles. The third kappa shape index (κ3) is 6.36. The van der Waals surface area contributed by atoms with Crippen LogP contribution in [0.5, 0.6) is 0 Å². The van der Waals surface area contributed by atoms with Gasteiger partial charge in [-0.3, -0.25) is 4.79 Å². The van der Waals surface area contributed by atoms with Crippen molar-refractivity contribution in [2.24, 2.45) is 0 Å². The van der Waals surface area contributed by atoms with Gasteiger partial charge in [-0.2, -0.15) is 0 Å². The average molecular weight is 233 g/mol. The molecule has 6 heteroatoms. The summed E-state index contributed by atoms with van der Waals surface area (Å²) in [5, 5.41) is 20.1. The lowest BCUT2D eigenvalue weighted by Gasteiger charge is -2.16. The molecule has 0 heterocycles. The van der Waals surface area contributed by atoms with E-state index in [4.69, 9.17) is 14.9 Å². The van der Waals surface area contributed by atoms with Crippen molar-refractivity contribution in [2.45, 2.75) is 38.8 Å². The summed E-state index contributed by atoms with van der Waals surface area (Å²) in [6.45, 7) is 4.23. The van der Waals surface area contributed by atoms with E-state index in [0.29, 0.717) is 19.6 Å². The van der Waals surface area contributed by atoms with Gasteiger partial charge in [0.05, 0.1) is 6.10 Å². The molecule has 6 nitrogen and oxygen atoms in total. The number of rotatable bonds is 8. The van der Waals surface area contributed by atoms with E-state index in [0.717, 1.165) is 0 Å². The molecule has 94 valence electrons. The van der Waals surface area contributed by atoms with Gasteiger partial charge >= 0.3 is 5.97 Å². The second-order valence-corrected chi connectivity index (χ2v) is 3.42. The van der Waals surface area contributed by atoms with E-state index < -0.39 is 24.0 Å². The molecule has 3 N–H and O–H groups in total. The van der Waals surface area contributed by atoms with Crippen LogP contribution in [0.3, 0.4) is 0 Å². The number of nitrogens with one attached hydrogen (secondary N) is 1. The van der Waals surface area contributed by atoms with Crippen LogP contribution in [0.25, 0.3) is 0 Å². The van der Waals surface area contributed by atoms with Gasteiger partial charge in [-0.25, -0.2) is 4.79 Å². The number of aliphatic hydroxyl groups excluding tert-OH is 1. The van der Waals surface area contributed by atoms with Gasteiger partial charge in [-0.1, -0.05) is 0 Å². The molecule has 0 unspecified atom stereocenters. The molecule has 0 rings (SSSR count). The smallest absolute Gasteiger partial charge is 0.328 e. The maximum Gasteiger partial charge on any atom is 0.328 e. The Labute approximate surface area is 94.6 Å². The van der Waals surface area contributed by atoms with E-state index in [2.05, 4.69) is 5.32 Å². The second kappa shape index (κ2) is 8.06. The molecule has 0 aromatic rings. The van der Waals surface area contributed by atoms with Crippen molar-refractivity contribution in [1.29, 1.82) is 0 Å². The zero-order valence-corrected chi connectivity index (χ0v) is 9.60. The van der Waals surface area contributed by atoms with E-state index in [1.54, 1.807) is 0 Å². The molecular weight excluding hydrogens is 214 g/mol. The Kier molecular flexibility index (Phi) is 7.49. The van der Waals surface area contributed by atoms with Crippen molar-refractivity contribution in [3.05, 3.63) is 0 Å². The molecule has 0 spiro atoms. The van der Waals surface area contributed by atoms with Crippen LogP contribution in [-0.2, 0) is 14.3 Å².